The Morgan fingerprint density at radius 2 is 1.84 bits per heavy atom. The molecule has 0 radical (unpaired) electrons. The monoisotopic (exact) mass is 552 g/mol. The third-order valence-corrected chi connectivity index (χ3v) is 7.83. The maximum atomic E-state index is 14.2. The van der Waals surface area contributed by atoms with Crippen LogP contribution >= 0.6 is 11.6 Å². The molecule has 2 fully saturated rings. The average Bonchev–Trinajstić information content (AvgIpc) is 3.13. The van der Waals surface area contributed by atoms with Gasteiger partial charge in [-0.1, -0.05) is 11.6 Å². The van der Waals surface area contributed by atoms with Crippen molar-refractivity contribution in [2.24, 2.45) is 0 Å². The van der Waals surface area contributed by atoms with Crippen LogP contribution in [0.25, 0.3) is 22.2 Å². The van der Waals surface area contributed by atoms with Gasteiger partial charge in [0.05, 0.1) is 21.8 Å². The quantitative estimate of drug-likeness (QED) is 0.404. The van der Waals surface area contributed by atoms with E-state index in [1.165, 1.54) is 6.07 Å². The van der Waals surface area contributed by atoms with Crippen LogP contribution in [0.3, 0.4) is 0 Å². The molecule has 204 valence electrons. The Labute approximate surface area is 223 Å². The topological polar surface area (TPSA) is 80.4 Å². The second-order valence-corrected chi connectivity index (χ2v) is 10.4. The van der Waals surface area contributed by atoms with E-state index < -0.39 is 17.9 Å². The maximum absolute atomic E-state index is 14.2. The number of halogens is 5. The van der Waals surface area contributed by atoms with Gasteiger partial charge in [-0.05, 0) is 63.9 Å². The number of pyridine rings is 1. The van der Waals surface area contributed by atoms with Crippen LogP contribution in [-0.4, -0.2) is 64.9 Å². The molecule has 0 amide bonds. The summed E-state index contributed by atoms with van der Waals surface area (Å²) >= 11 is 6.56. The number of benzene rings is 1. The molecule has 12 heteroatoms. The average molecular weight is 553 g/mol. The zero-order valence-corrected chi connectivity index (χ0v) is 21.9. The van der Waals surface area contributed by atoms with Crippen molar-refractivity contribution in [3.63, 3.8) is 0 Å². The Morgan fingerprint density at radius 3 is 2.50 bits per heavy atom. The van der Waals surface area contributed by atoms with Crippen molar-refractivity contribution in [1.82, 2.24) is 19.9 Å². The molecule has 1 aromatic carbocycles. The number of rotatable bonds is 5. The molecule has 2 aliphatic heterocycles. The molecule has 0 saturated carbocycles. The van der Waals surface area contributed by atoms with Gasteiger partial charge >= 0.3 is 12.2 Å². The summed E-state index contributed by atoms with van der Waals surface area (Å²) in [6.45, 7) is 3.55. The van der Waals surface area contributed by atoms with Gasteiger partial charge in [0, 0.05) is 36.1 Å². The number of nitrogen functional groups attached to an aromatic ring is 1. The van der Waals surface area contributed by atoms with Crippen LogP contribution in [0.15, 0.2) is 24.3 Å². The van der Waals surface area contributed by atoms with Crippen molar-refractivity contribution in [1.29, 1.82) is 0 Å². The summed E-state index contributed by atoms with van der Waals surface area (Å²) in [5, 5.41) is 0.674. The molecule has 2 saturated heterocycles. The first-order chi connectivity index (χ1) is 18.0. The Balaban J connectivity index is 1.59. The molecule has 3 atom stereocenters. The van der Waals surface area contributed by atoms with E-state index in [2.05, 4.69) is 19.9 Å². The van der Waals surface area contributed by atoms with Crippen LogP contribution in [-0.2, 0) is 6.18 Å². The van der Waals surface area contributed by atoms with Gasteiger partial charge in [-0.25, -0.2) is 9.37 Å². The van der Waals surface area contributed by atoms with Gasteiger partial charge in [0.15, 0.2) is 0 Å². The minimum absolute atomic E-state index is 0.0534. The summed E-state index contributed by atoms with van der Waals surface area (Å²) in [4.78, 5) is 17.2. The van der Waals surface area contributed by atoms with Crippen molar-refractivity contribution < 1.29 is 22.3 Å². The molecule has 2 aliphatic rings. The lowest BCUT2D eigenvalue weighted by atomic mass is 10.0. The third-order valence-electron chi connectivity index (χ3n) is 7.52. The fourth-order valence-corrected chi connectivity index (χ4v) is 5.43. The highest BCUT2D eigenvalue weighted by Gasteiger charge is 2.37. The van der Waals surface area contributed by atoms with Crippen molar-refractivity contribution >= 4 is 34.1 Å². The molecule has 0 spiro atoms. The lowest BCUT2D eigenvalue weighted by Crippen LogP contribution is -2.35. The smallest absolute Gasteiger partial charge is 0.418 e. The second kappa shape index (κ2) is 10.3. The van der Waals surface area contributed by atoms with Gasteiger partial charge in [-0.15, -0.1) is 0 Å². The minimum atomic E-state index is -4.66. The predicted octanol–water partition coefficient (Wildman–Crippen LogP) is 5.75. The number of piperidine rings is 1. The van der Waals surface area contributed by atoms with E-state index in [1.807, 2.05) is 18.9 Å². The van der Waals surface area contributed by atoms with Gasteiger partial charge < -0.3 is 15.4 Å². The Morgan fingerprint density at radius 1 is 1.11 bits per heavy atom. The van der Waals surface area contributed by atoms with E-state index in [0.29, 0.717) is 23.1 Å². The zero-order valence-electron chi connectivity index (χ0n) is 21.1. The standard InChI is InChI=1S/C26H29ClF4N6O/c1-14-20(28)10-15(36(14)2)13-38-25-33-21-12-16(23-18(26(29,30)31)6-7-22(32)34-23)19(27)11-17(21)24(35-25)37-8-4-3-5-9-37/h6-7,11-12,14-15,20H,3-5,8-10,13H2,1-2H3,(H2,32,34)/t14-,15-,20+/m0/s1. The Bertz CT molecular complexity index is 1330. The molecular formula is C26H29ClF4N6O. The fourth-order valence-electron chi connectivity index (χ4n) is 5.18. The Kier molecular flexibility index (Phi) is 7.25. The molecule has 0 unspecified atom stereocenters. The van der Waals surface area contributed by atoms with Gasteiger partial charge in [0.1, 0.15) is 24.4 Å². The number of nitrogens with zero attached hydrogens (tertiary/aromatic N) is 5. The first-order valence-corrected chi connectivity index (χ1v) is 13.0. The number of hydrogen-bond donors (Lipinski definition) is 1. The maximum Gasteiger partial charge on any atom is 0.418 e. The van der Waals surface area contributed by atoms with Crippen molar-refractivity contribution in [3.05, 3.63) is 34.9 Å². The number of hydrogen-bond acceptors (Lipinski definition) is 7. The summed E-state index contributed by atoms with van der Waals surface area (Å²) < 4.78 is 61.6. The molecular weight excluding hydrogens is 524 g/mol. The first-order valence-electron chi connectivity index (χ1n) is 12.6. The van der Waals surface area contributed by atoms with Gasteiger partial charge in [0.2, 0.25) is 0 Å². The normalized spacial score (nSPS) is 22.8. The van der Waals surface area contributed by atoms with Crippen LogP contribution in [0.1, 0.15) is 38.2 Å². The summed E-state index contributed by atoms with van der Waals surface area (Å²) in [5.41, 5.74) is 4.84. The summed E-state index contributed by atoms with van der Waals surface area (Å²) in [6, 6.07) is 4.75. The number of anilines is 2. The highest BCUT2D eigenvalue weighted by Crippen LogP contribution is 2.41. The van der Waals surface area contributed by atoms with Gasteiger partial charge in [0.25, 0.3) is 0 Å². The van der Waals surface area contributed by atoms with Gasteiger partial charge in [-0.3, -0.25) is 4.90 Å². The molecule has 2 aromatic heterocycles. The Hall–Kier alpha value is -2.92. The van der Waals surface area contributed by atoms with E-state index in [1.54, 1.807) is 6.07 Å². The predicted molar refractivity (Wildman–Crippen MR) is 139 cm³/mol. The van der Waals surface area contributed by atoms with Crippen LogP contribution in [0.2, 0.25) is 5.02 Å². The number of likely N-dealkylation sites (N-methyl/N-ethyl adjacent to an activating group) is 1. The molecule has 0 aliphatic carbocycles. The first kappa shape index (κ1) is 26.7. The van der Waals surface area contributed by atoms with E-state index >= 15 is 0 Å². The number of fused-ring (bicyclic) bond motifs is 1. The van der Waals surface area contributed by atoms with Crippen LogP contribution < -0.4 is 15.4 Å². The molecule has 3 aromatic rings. The van der Waals surface area contributed by atoms with Gasteiger partial charge in [-0.2, -0.15) is 23.1 Å². The van der Waals surface area contributed by atoms with Crippen LogP contribution in [0.4, 0.5) is 29.2 Å². The summed E-state index contributed by atoms with van der Waals surface area (Å²) in [5.74, 6) is 0.539. The number of aromatic nitrogens is 3. The SMILES string of the molecule is C[C@H]1[C@H](F)C[C@@H](COc2nc(N3CCCCC3)c3cc(Cl)c(-c4nc(N)ccc4C(F)(F)F)cc3n2)N1C. The van der Waals surface area contributed by atoms with E-state index in [0.717, 1.165) is 44.5 Å². The minimum Gasteiger partial charge on any atom is -0.462 e. The lowest BCUT2D eigenvalue weighted by molar-refractivity contribution is -0.137. The zero-order chi connectivity index (χ0) is 27.2. The fraction of sp³-hybridized carbons (Fsp3) is 0.500. The van der Waals surface area contributed by atoms with Crippen LogP contribution in [0, 0.1) is 0 Å². The summed E-state index contributed by atoms with van der Waals surface area (Å²) in [6.07, 6.45) is -2.20. The highest BCUT2D eigenvalue weighted by atomic mass is 35.5. The van der Waals surface area contributed by atoms with Crippen molar-refractivity contribution in [2.45, 2.75) is 57.0 Å². The molecule has 38 heavy (non-hydrogen) atoms. The molecule has 5 rings (SSSR count). The molecule has 4 heterocycles. The number of alkyl halides is 4. The number of ether oxygens (including phenoxy) is 1. The molecule has 2 N–H and O–H groups in total. The highest BCUT2D eigenvalue weighted by molar-refractivity contribution is 6.34. The second-order valence-electron chi connectivity index (χ2n) is 9.98. The largest absolute Gasteiger partial charge is 0.462 e. The number of likely N-dealkylation sites (tertiary alicyclic amines) is 1. The van der Waals surface area contributed by atoms with E-state index in [-0.39, 0.29) is 46.8 Å². The van der Waals surface area contributed by atoms with Crippen molar-refractivity contribution in [2.75, 3.05) is 37.4 Å². The van der Waals surface area contributed by atoms with Crippen LogP contribution in [0.5, 0.6) is 6.01 Å². The number of nitrogens with two attached hydrogens (primary N) is 1. The molecule has 7 nitrogen and oxygen atoms in total. The van der Waals surface area contributed by atoms with E-state index in [9.17, 15) is 17.6 Å². The van der Waals surface area contributed by atoms with Crippen molar-refractivity contribution in [3.8, 4) is 17.3 Å². The lowest BCUT2D eigenvalue weighted by Gasteiger charge is -2.29. The molecule has 0 bridgehead atoms. The third kappa shape index (κ3) is 5.18. The van der Waals surface area contributed by atoms with E-state index in [4.69, 9.17) is 22.1 Å². The summed E-state index contributed by atoms with van der Waals surface area (Å²) in [7, 11) is 1.85.